The van der Waals surface area contributed by atoms with E-state index in [-0.39, 0.29) is 11.3 Å². The number of rotatable bonds is 6. The molecule has 0 saturated heterocycles. The van der Waals surface area contributed by atoms with Crippen molar-refractivity contribution in [2.45, 2.75) is 12.5 Å². The Balaban J connectivity index is 2.95. The highest BCUT2D eigenvalue weighted by Crippen LogP contribution is 2.29. The molecule has 108 valence electrons. The average Bonchev–Trinajstić information content (AvgIpc) is 2.37. The summed E-state index contributed by atoms with van der Waals surface area (Å²) in [5.74, 6) is -3.47. The second kappa shape index (κ2) is 6.41. The van der Waals surface area contributed by atoms with Gasteiger partial charge in [0.2, 0.25) is 5.91 Å². The minimum atomic E-state index is -1.47. The number of methoxy groups -OCH3 is 1. The van der Waals surface area contributed by atoms with E-state index in [1.165, 1.54) is 25.3 Å². The number of nitrogens with one attached hydrogen (secondary N) is 1. The number of benzene rings is 1. The molecule has 0 radical (unpaired) electrons. The number of carboxylic acid groups (broad SMARTS) is 1. The molecule has 0 fully saturated rings. The molecule has 0 aliphatic rings. The van der Waals surface area contributed by atoms with Crippen LogP contribution in [0.2, 0.25) is 0 Å². The molecule has 1 aromatic rings. The van der Waals surface area contributed by atoms with Crippen LogP contribution in [0.15, 0.2) is 18.2 Å². The number of hydrogen-bond donors (Lipinski definition) is 4. The Kier molecular flexibility index (Phi) is 4.90. The van der Waals surface area contributed by atoms with Gasteiger partial charge >= 0.3 is 5.97 Å². The zero-order valence-corrected chi connectivity index (χ0v) is 10.6. The zero-order valence-electron chi connectivity index (χ0n) is 10.6. The second-order valence-corrected chi connectivity index (χ2v) is 3.89. The number of aromatic hydroxyl groups is 1. The molecule has 20 heavy (non-hydrogen) atoms. The van der Waals surface area contributed by atoms with E-state index in [0.29, 0.717) is 0 Å². The van der Waals surface area contributed by atoms with E-state index in [1.807, 2.05) is 0 Å². The first-order valence-electron chi connectivity index (χ1n) is 5.54. The van der Waals surface area contributed by atoms with Crippen molar-refractivity contribution in [3.63, 3.8) is 0 Å². The van der Waals surface area contributed by atoms with Crippen LogP contribution in [0.1, 0.15) is 16.8 Å². The number of primary amides is 1. The van der Waals surface area contributed by atoms with Gasteiger partial charge in [0, 0.05) is 0 Å². The lowest BCUT2D eigenvalue weighted by atomic mass is 10.1. The van der Waals surface area contributed by atoms with Gasteiger partial charge in [0.05, 0.1) is 19.1 Å². The summed E-state index contributed by atoms with van der Waals surface area (Å²) in [6.45, 7) is 0. The highest BCUT2D eigenvalue weighted by atomic mass is 16.5. The predicted octanol–water partition coefficient (Wildman–Crippen LogP) is -0.541. The van der Waals surface area contributed by atoms with Crippen LogP contribution < -0.4 is 15.8 Å². The molecular formula is C12H14N2O6. The highest BCUT2D eigenvalue weighted by molar-refractivity contribution is 6.00. The maximum Gasteiger partial charge on any atom is 0.326 e. The van der Waals surface area contributed by atoms with E-state index < -0.39 is 36.0 Å². The van der Waals surface area contributed by atoms with Crippen molar-refractivity contribution >= 4 is 17.8 Å². The molecule has 8 heteroatoms. The van der Waals surface area contributed by atoms with Gasteiger partial charge in [0.1, 0.15) is 6.04 Å². The largest absolute Gasteiger partial charge is 0.504 e. The van der Waals surface area contributed by atoms with Crippen LogP contribution in [0.25, 0.3) is 0 Å². The summed E-state index contributed by atoms with van der Waals surface area (Å²) in [4.78, 5) is 33.5. The number of carbonyl (C=O) groups is 3. The van der Waals surface area contributed by atoms with Gasteiger partial charge in [-0.2, -0.15) is 0 Å². The first-order chi connectivity index (χ1) is 9.36. The van der Waals surface area contributed by atoms with Crippen molar-refractivity contribution in [2.24, 2.45) is 5.73 Å². The van der Waals surface area contributed by atoms with Crippen LogP contribution in [0.5, 0.6) is 11.5 Å². The van der Waals surface area contributed by atoms with Gasteiger partial charge in [-0.25, -0.2) is 4.79 Å². The van der Waals surface area contributed by atoms with Gasteiger partial charge in [0.25, 0.3) is 5.91 Å². The third-order valence-corrected chi connectivity index (χ3v) is 2.47. The molecule has 5 N–H and O–H groups in total. The Morgan fingerprint density at radius 1 is 1.40 bits per heavy atom. The van der Waals surface area contributed by atoms with Gasteiger partial charge in [-0.05, 0) is 12.1 Å². The van der Waals surface area contributed by atoms with Crippen LogP contribution in [-0.2, 0) is 9.59 Å². The maximum atomic E-state index is 11.9. The number of para-hydroxylation sites is 1. The standard InChI is InChI=1S/C12H14N2O6/c1-20-8-4-2-3-6(10(8)16)11(17)14-7(12(18)19)5-9(13)15/h2-4,7,16H,5H2,1H3,(H2,13,15)(H,14,17)(H,18,19)/t7-/m1/s1. The second-order valence-electron chi connectivity index (χ2n) is 3.89. The number of hydrogen-bond acceptors (Lipinski definition) is 5. The number of amides is 2. The van der Waals surface area contributed by atoms with Crippen molar-refractivity contribution in [3.05, 3.63) is 23.8 Å². The molecular weight excluding hydrogens is 268 g/mol. The van der Waals surface area contributed by atoms with Crippen LogP contribution in [0.4, 0.5) is 0 Å². The number of ether oxygens (including phenoxy) is 1. The summed E-state index contributed by atoms with van der Waals surface area (Å²) in [7, 11) is 1.31. The van der Waals surface area contributed by atoms with Crippen molar-refractivity contribution in [1.82, 2.24) is 5.32 Å². The predicted molar refractivity (Wildman–Crippen MR) is 67.4 cm³/mol. The molecule has 0 bridgehead atoms. The van der Waals surface area contributed by atoms with Crippen LogP contribution in [0.3, 0.4) is 0 Å². The molecule has 0 aromatic heterocycles. The summed E-state index contributed by atoms with van der Waals surface area (Å²) in [6, 6.07) is 2.71. The SMILES string of the molecule is COc1cccc(C(=O)N[C@H](CC(N)=O)C(=O)O)c1O. The summed E-state index contributed by atoms with van der Waals surface area (Å²) >= 11 is 0. The van der Waals surface area contributed by atoms with E-state index in [2.05, 4.69) is 5.32 Å². The molecule has 1 aromatic carbocycles. The molecule has 0 aliphatic carbocycles. The third-order valence-electron chi connectivity index (χ3n) is 2.47. The zero-order chi connectivity index (χ0) is 15.3. The topological polar surface area (TPSA) is 139 Å². The lowest BCUT2D eigenvalue weighted by Gasteiger charge is -2.14. The first kappa shape index (κ1) is 15.3. The van der Waals surface area contributed by atoms with Crippen molar-refractivity contribution in [1.29, 1.82) is 0 Å². The van der Waals surface area contributed by atoms with Crippen molar-refractivity contribution in [3.8, 4) is 11.5 Å². The smallest absolute Gasteiger partial charge is 0.326 e. The van der Waals surface area contributed by atoms with E-state index in [9.17, 15) is 19.5 Å². The normalized spacial score (nSPS) is 11.4. The number of aliphatic carboxylic acids is 1. The number of carbonyl (C=O) groups excluding carboxylic acids is 2. The van der Waals surface area contributed by atoms with Gasteiger partial charge in [-0.15, -0.1) is 0 Å². The van der Waals surface area contributed by atoms with Gasteiger partial charge < -0.3 is 26.0 Å². The van der Waals surface area contributed by atoms with Crippen molar-refractivity contribution in [2.75, 3.05) is 7.11 Å². The lowest BCUT2D eigenvalue weighted by Crippen LogP contribution is -2.43. The fraction of sp³-hybridized carbons (Fsp3) is 0.250. The van der Waals surface area contributed by atoms with E-state index in [0.717, 1.165) is 0 Å². The minimum absolute atomic E-state index is 0.0689. The minimum Gasteiger partial charge on any atom is -0.504 e. The number of phenols is 1. The molecule has 1 rings (SSSR count). The van der Waals surface area contributed by atoms with Crippen LogP contribution in [0, 0.1) is 0 Å². The quantitative estimate of drug-likeness (QED) is 0.552. The fourth-order valence-corrected chi connectivity index (χ4v) is 1.51. The number of phenolic OH excluding ortho intramolecular Hbond substituents is 1. The molecule has 0 saturated carbocycles. The van der Waals surface area contributed by atoms with E-state index in [1.54, 1.807) is 0 Å². The molecule has 0 spiro atoms. The molecule has 0 unspecified atom stereocenters. The van der Waals surface area contributed by atoms with E-state index >= 15 is 0 Å². The van der Waals surface area contributed by atoms with Crippen LogP contribution in [-0.4, -0.2) is 41.1 Å². The highest BCUT2D eigenvalue weighted by Gasteiger charge is 2.24. The maximum absolute atomic E-state index is 11.9. The molecule has 1 atom stereocenters. The molecule has 8 nitrogen and oxygen atoms in total. The van der Waals surface area contributed by atoms with Gasteiger partial charge in [0.15, 0.2) is 11.5 Å². The summed E-state index contributed by atoms with van der Waals surface area (Å²) in [5, 5.41) is 20.7. The van der Waals surface area contributed by atoms with Crippen LogP contribution >= 0.6 is 0 Å². The van der Waals surface area contributed by atoms with Gasteiger partial charge in [-0.3, -0.25) is 9.59 Å². The fourth-order valence-electron chi connectivity index (χ4n) is 1.51. The van der Waals surface area contributed by atoms with E-state index in [4.69, 9.17) is 15.6 Å². The summed E-state index contributed by atoms with van der Waals surface area (Å²) in [5.41, 5.74) is 4.73. The number of carboxylic acids is 1. The molecule has 0 aliphatic heterocycles. The molecule has 2 amide bonds. The summed E-state index contributed by atoms with van der Waals surface area (Å²) in [6.07, 6.45) is -0.550. The average molecular weight is 282 g/mol. The monoisotopic (exact) mass is 282 g/mol. The Labute approximate surface area is 114 Å². The third kappa shape index (κ3) is 3.61. The Morgan fingerprint density at radius 3 is 2.55 bits per heavy atom. The Bertz CT molecular complexity index is 543. The number of nitrogens with two attached hydrogens (primary N) is 1. The summed E-state index contributed by atoms with van der Waals surface area (Å²) < 4.78 is 4.83. The first-order valence-corrected chi connectivity index (χ1v) is 5.54. The Morgan fingerprint density at radius 2 is 2.05 bits per heavy atom. The van der Waals surface area contributed by atoms with Gasteiger partial charge in [-0.1, -0.05) is 6.07 Å². The Hall–Kier alpha value is -2.77. The lowest BCUT2D eigenvalue weighted by molar-refractivity contribution is -0.140. The molecule has 0 heterocycles. The van der Waals surface area contributed by atoms with Crippen molar-refractivity contribution < 1.29 is 29.3 Å².